The molecule has 0 fully saturated rings. The zero-order valence-corrected chi connectivity index (χ0v) is 24.6. The third kappa shape index (κ3) is 7.18. The lowest BCUT2D eigenvalue weighted by Crippen LogP contribution is -2.39. The molecule has 0 aliphatic carbocycles. The molecule has 1 amide bonds. The lowest BCUT2D eigenvalue weighted by atomic mass is 10.2. The molecule has 0 atom stereocenters. The standard InChI is InChI=1S/C25H22BrClF3N9O3/c1-37-19(23(38(41)42)36-24(37)25(28,29)30)12-39(2,3)8-4-5-21(40)35-20-10-15-18(11-31-20)32-13-33-22(15)34-14-6-7-16(26)17(27)9-14/h4-7,9-11,13H,8,12H2,1-3H3,(H-,31,32,33,34,35,40)/p+1/b5-4+. The van der Waals surface area contributed by atoms with E-state index in [-0.39, 0.29) is 29.1 Å². The first-order chi connectivity index (χ1) is 19.6. The minimum atomic E-state index is -4.85. The summed E-state index contributed by atoms with van der Waals surface area (Å²) < 4.78 is 41.2. The summed E-state index contributed by atoms with van der Waals surface area (Å²) in [6, 6.07) is 6.91. The van der Waals surface area contributed by atoms with Crippen LogP contribution in [0, 0.1) is 10.1 Å². The van der Waals surface area contributed by atoms with Crippen LogP contribution in [0.3, 0.4) is 0 Å². The number of amides is 1. The van der Waals surface area contributed by atoms with E-state index in [1.54, 1.807) is 38.4 Å². The summed E-state index contributed by atoms with van der Waals surface area (Å²) in [5.74, 6) is -2.04. The molecule has 0 aliphatic heterocycles. The Hall–Kier alpha value is -4.15. The van der Waals surface area contributed by atoms with E-state index in [9.17, 15) is 28.1 Å². The van der Waals surface area contributed by atoms with Gasteiger partial charge in [-0.15, -0.1) is 0 Å². The molecule has 0 saturated carbocycles. The van der Waals surface area contributed by atoms with Gasteiger partial charge in [-0.2, -0.15) is 13.2 Å². The number of hydrogen-bond acceptors (Lipinski definition) is 8. The highest BCUT2D eigenvalue weighted by molar-refractivity contribution is 9.10. The van der Waals surface area contributed by atoms with E-state index in [1.165, 1.54) is 24.7 Å². The topological polar surface area (TPSA) is 141 Å². The largest absolute Gasteiger partial charge is 0.475 e. The van der Waals surface area contributed by atoms with Gasteiger partial charge < -0.3 is 25.2 Å². The molecule has 3 heterocycles. The number of benzene rings is 1. The Morgan fingerprint density at radius 3 is 2.64 bits per heavy atom. The number of nitro groups is 1. The predicted molar refractivity (Wildman–Crippen MR) is 153 cm³/mol. The van der Waals surface area contributed by atoms with Crippen LogP contribution < -0.4 is 10.6 Å². The molecule has 0 spiro atoms. The summed E-state index contributed by atoms with van der Waals surface area (Å²) in [7, 11) is 4.40. The Bertz CT molecular complexity index is 1710. The average molecular weight is 670 g/mol. The lowest BCUT2D eigenvalue weighted by Gasteiger charge is -2.28. The predicted octanol–water partition coefficient (Wildman–Crippen LogP) is 5.62. The van der Waals surface area contributed by atoms with Crippen molar-refractivity contribution in [2.45, 2.75) is 12.7 Å². The number of rotatable bonds is 9. The van der Waals surface area contributed by atoms with E-state index in [0.717, 1.165) is 11.5 Å². The van der Waals surface area contributed by atoms with E-state index < -0.39 is 28.6 Å². The Balaban J connectivity index is 1.45. The number of anilines is 3. The average Bonchev–Trinajstić information content (AvgIpc) is 3.22. The molecule has 12 nitrogen and oxygen atoms in total. The van der Waals surface area contributed by atoms with Crippen LogP contribution in [-0.2, 0) is 24.6 Å². The Labute approximate surface area is 250 Å². The van der Waals surface area contributed by atoms with Crippen molar-refractivity contribution in [3.63, 3.8) is 0 Å². The minimum absolute atomic E-state index is 0.00210. The van der Waals surface area contributed by atoms with Crippen molar-refractivity contribution in [1.29, 1.82) is 0 Å². The number of imidazole rings is 1. The Morgan fingerprint density at radius 2 is 1.98 bits per heavy atom. The quantitative estimate of drug-likeness (QED) is 0.101. The first-order valence-electron chi connectivity index (χ1n) is 12.0. The summed E-state index contributed by atoms with van der Waals surface area (Å²) in [5, 5.41) is 18.3. The molecule has 0 bridgehead atoms. The second-order valence-corrected chi connectivity index (χ2v) is 11.0. The van der Waals surface area contributed by atoms with Gasteiger partial charge in [0.1, 0.15) is 24.5 Å². The molecule has 4 aromatic rings. The van der Waals surface area contributed by atoms with Gasteiger partial charge in [-0.05, 0) is 56.2 Å². The van der Waals surface area contributed by atoms with Crippen LogP contribution in [0.5, 0.6) is 0 Å². The smallest absolute Gasteiger partial charge is 0.358 e. The van der Waals surface area contributed by atoms with E-state index in [4.69, 9.17) is 11.6 Å². The van der Waals surface area contributed by atoms with Crippen LogP contribution >= 0.6 is 27.5 Å². The molecule has 1 aromatic carbocycles. The number of carbonyl (C=O) groups excluding carboxylic acids is 1. The maximum absolute atomic E-state index is 13.3. The van der Waals surface area contributed by atoms with Crippen LogP contribution in [-0.4, -0.2) is 60.5 Å². The zero-order valence-electron chi connectivity index (χ0n) is 22.3. The monoisotopic (exact) mass is 668 g/mol. The number of carbonyl (C=O) groups is 1. The zero-order chi connectivity index (χ0) is 30.8. The third-order valence-corrected chi connectivity index (χ3v) is 7.25. The van der Waals surface area contributed by atoms with Crippen molar-refractivity contribution >= 4 is 67.5 Å². The number of hydrogen-bond donors (Lipinski definition) is 2. The van der Waals surface area contributed by atoms with Crippen LogP contribution in [0.1, 0.15) is 11.5 Å². The normalized spacial score (nSPS) is 12.2. The lowest BCUT2D eigenvalue weighted by molar-refractivity contribution is -0.898. The highest BCUT2D eigenvalue weighted by atomic mass is 79.9. The number of quaternary nitrogens is 1. The second kappa shape index (κ2) is 12.0. The summed E-state index contributed by atoms with van der Waals surface area (Å²) in [4.78, 5) is 38.9. The van der Waals surface area contributed by atoms with Crippen LogP contribution in [0.15, 0.2) is 53.4 Å². The summed E-state index contributed by atoms with van der Waals surface area (Å²) >= 11 is 9.52. The highest BCUT2D eigenvalue weighted by Gasteiger charge is 2.45. The van der Waals surface area contributed by atoms with E-state index in [2.05, 4.69) is 46.5 Å². The Kier molecular flexibility index (Phi) is 8.79. The molecule has 2 N–H and O–H groups in total. The number of aromatic nitrogens is 5. The maximum Gasteiger partial charge on any atom is 0.475 e. The van der Waals surface area contributed by atoms with Crippen molar-refractivity contribution in [3.8, 4) is 0 Å². The Morgan fingerprint density at radius 1 is 1.24 bits per heavy atom. The molecule has 42 heavy (non-hydrogen) atoms. The molecule has 3 aromatic heterocycles. The number of pyridine rings is 1. The number of likely N-dealkylation sites (N-methyl/N-ethyl adjacent to an activating group) is 1. The molecule has 220 valence electrons. The van der Waals surface area contributed by atoms with Crippen molar-refractivity contribution in [1.82, 2.24) is 24.5 Å². The fourth-order valence-electron chi connectivity index (χ4n) is 4.01. The van der Waals surface area contributed by atoms with Gasteiger partial charge in [0, 0.05) is 28.7 Å². The third-order valence-electron chi connectivity index (χ3n) is 6.02. The van der Waals surface area contributed by atoms with Crippen molar-refractivity contribution < 1.29 is 27.4 Å². The van der Waals surface area contributed by atoms with Crippen molar-refractivity contribution in [3.05, 3.63) is 80.1 Å². The maximum atomic E-state index is 13.3. The van der Waals surface area contributed by atoms with Crippen LogP contribution in [0.2, 0.25) is 5.02 Å². The van der Waals surface area contributed by atoms with Gasteiger partial charge in [0.25, 0.3) is 0 Å². The van der Waals surface area contributed by atoms with Crippen molar-refractivity contribution in [2.24, 2.45) is 7.05 Å². The number of alkyl halides is 3. The second-order valence-electron chi connectivity index (χ2n) is 9.75. The number of halogens is 5. The fourth-order valence-corrected chi connectivity index (χ4v) is 4.44. The van der Waals surface area contributed by atoms with E-state index in [0.29, 0.717) is 32.0 Å². The van der Waals surface area contributed by atoms with Gasteiger partial charge >= 0.3 is 17.8 Å². The summed E-state index contributed by atoms with van der Waals surface area (Å²) in [6.45, 7) is 0.0212. The highest BCUT2D eigenvalue weighted by Crippen LogP contribution is 2.33. The molecule has 17 heteroatoms. The van der Waals surface area contributed by atoms with Crippen LogP contribution in [0.25, 0.3) is 10.9 Å². The number of nitrogens with one attached hydrogen (secondary N) is 2. The minimum Gasteiger partial charge on any atom is -0.358 e. The van der Waals surface area contributed by atoms with Gasteiger partial charge in [-0.25, -0.2) is 15.0 Å². The molecule has 0 aliphatic rings. The molecule has 0 unspecified atom stereocenters. The van der Waals surface area contributed by atoms with Gasteiger partial charge in [-0.3, -0.25) is 9.36 Å². The number of nitrogens with zero attached hydrogens (tertiary/aromatic N) is 7. The number of fused-ring (bicyclic) bond motifs is 1. The van der Waals surface area contributed by atoms with Gasteiger partial charge in [0.2, 0.25) is 5.91 Å². The van der Waals surface area contributed by atoms with Gasteiger partial charge in [-0.1, -0.05) is 11.6 Å². The first kappa shape index (κ1) is 30.8. The van der Waals surface area contributed by atoms with E-state index >= 15 is 0 Å². The SMILES string of the molecule is Cn1c(C(F)(F)F)nc([N+](=O)[O-])c1C[N+](C)(C)C/C=C/C(=O)Nc1cc2c(Nc3ccc(Br)c(Cl)c3)ncnc2cn1. The fraction of sp³-hybridized carbons (Fsp3) is 0.240. The molecular formula is C25H23BrClF3N9O3+. The summed E-state index contributed by atoms with van der Waals surface area (Å²) in [5.41, 5.74) is 1.02. The molecule has 4 rings (SSSR count). The first-order valence-corrected chi connectivity index (χ1v) is 13.2. The molecule has 0 radical (unpaired) electrons. The van der Waals surface area contributed by atoms with Gasteiger partial charge in [0.15, 0.2) is 5.69 Å². The van der Waals surface area contributed by atoms with Gasteiger partial charge in [0.05, 0.1) is 37.4 Å². The summed E-state index contributed by atoms with van der Waals surface area (Å²) in [6.07, 6.45) is 0.759. The van der Waals surface area contributed by atoms with E-state index in [1.807, 2.05) is 0 Å². The molecular weight excluding hydrogens is 647 g/mol. The van der Waals surface area contributed by atoms with Crippen molar-refractivity contribution in [2.75, 3.05) is 31.3 Å². The van der Waals surface area contributed by atoms with Crippen LogP contribution in [0.4, 0.5) is 36.3 Å². The molecule has 0 saturated heterocycles.